The highest BCUT2D eigenvalue weighted by Gasteiger charge is 2.77. The van der Waals surface area contributed by atoms with Crippen molar-refractivity contribution in [2.24, 2.45) is 17.8 Å². The van der Waals surface area contributed by atoms with Gasteiger partial charge in [-0.05, 0) is 24.3 Å². The number of amides is 3. The quantitative estimate of drug-likeness (QED) is 0.140. The third kappa shape index (κ3) is 7.72. The van der Waals surface area contributed by atoms with Gasteiger partial charge in [0.05, 0.1) is 49.8 Å². The Balaban J connectivity index is 1.46. The fourth-order valence-corrected chi connectivity index (χ4v) is 8.92. The molecule has 2 N–H and O–H groups in total. The highest BCUT2D eigenvalue weighted by molar-refractivity contribution is 9.09. The summed E-state index contributed by atoms with van der Waals surface area (Å²) in [5, 5.41) is 13.7. The number of halogens is 1. The number of morpholine rings is 1. The zero-order valence-corrected chi connectivity index (χ0v) is 30.7. The van der Waals surface area contributed by atoms with E-state index in [1.165, 1.54) is 4.90 Å². The molecular formula is C37H51BrN4O8. The van der Waals surface area contributed by atoms with Gasteiger partial charge in [0, 0.05) is 44.0 Å². The molecule has 4 fully saturated rings. The van der Waals surface area contributed by atoms with Crippen molar-refractivity contribution in [2.75, 3.05) is 59.2 Å². The lowest BCUT2D eigenvalue weighted by Gasteiger charge is -2.41. The van der Waals surface area contributed by atoms with Gasteiger partial charge in [-0.15, -0.1) is 13.2 Å². The molecule has 4 heterocycles. The van der Waals surface area contributed by atoms with Crippen LogP contribution in [-0.2, 0) is 33.4 Å². The van der Waals surface area contributed by atoms with Gasteiger partial charge in [-0.1, -0.05) is 72.3 Å². The van der Waals surface area contributed by atoms with Crippen molar-refractivity contribution in [1.82, 2.24) is 20.0 Å². The van der Waals surface area contributed by atoms with E-state index in [1.54, 1.807) is 17.1 Å². The molecule has 3 amide bonds. The lowest BCUT2D eigenvalue weighted by atomic mass is 9.70. The van der Waals surface area contributed by atoms with Crippen molar-refractivity contribution in [3.05, 3.63) is 61.2 Å². The number of nitrogens with one attached hydrogen (secondary N) is 1. The molecule has 274 valence electrons. The molecule has 0 aromatic heterocycles. The normalized spacial score (nSPS) is 28.6. The molecule has 12 nitrogen and oxygen atoms in total. The zero-order valence-electron chi connectivity index (χ0n) is 29.1. The van der Waals surface area contributed by atoms with Gasteiger partial charge in [-0.25, -0.2) is 0 Å². The molecule has 4 aliphatic heterocycles. The van der Waals surface area contributed by atoms with Crippen LogP contribution in [0.4, 0.5) is 0 Å². The number of alkyl halides is 1. The van der Waals surface area contributed by atoms with Crippen molar-refractivity contribution in [1.29, 1.82) is 0 Å². The predicted molar refractivity (Wildman–Crippen MR) is 190 cm³/mol. The lowest BCUT2D eigenvalue weighted by Crippen LogP contribution is -2.60. The number of aliphatic hydroxyl groups excluding tert-OH is 1. The monoisotopic (exact) mass is 758 g/mol. The van der Waals surface area contributed by atoms with E-state index in [9.17, 15) is 24.3 Å². The molecule has 1 unspecified atom stereocenters. The van der Waals surface area contributed by atoms with E-state index in [-0.39, 0.29) is 48.7 Å². The first kappa shape index (κ1) is 38.1. The summed E-state index contributed by atoms with van der Waals surface area (Å²) in [7, 11) is 0. The molecule has 0 saturated carbocycles. The summed E-state index contributed by atoms with van der Waals surface area (Å²) in [5.41, 5.74) is -0.561. The molecule has 0 aliphatic carbocycles. The van der Waals surface area contributed by atoms with Gasteiger partial charge < -0.3 is 34.4 Å². The van der Waals surface area contributed by atoms with Crippen LogP contribution in [0.2, 0.25) is 0 Å². The third-order valence-electron chi connectivity index (χ3n) is 10.5. The second-order valence-electron chi connectivity index (χ2n) is 13.9. The maximum absolute atomic E-state index is 14.8. The molecule has 50 heavy (non-hydrogen) atoms. The molecular weight excluding hydrogens is 708 g/mol. The van der Waals surface area contributed by atoms with Gasteiger partial charge in [-0.3, -0.25) is 24.1 Å². The van der Waals surface area contributed by atoms with Crippen molar-refractivity contribution in [3.8, 4) is 0 Å². The van der Waals surface area contributed by atoms with Gasteiger partial charge in [-0.2, -0.15) is 0 Å². The van der Waals surface area contributed by atoms with E-state index < -0.39 is 53.5 Å². The summed E-state index contributed by atoms with van der Waals surface area (Å²) >= 11 is 3.75. The van der Waals surface area contributed by atoms with Crippen LogP contribution in [0.25, 0.3) is 0 Å². The van der Waals surface area contributed by atoms with Gasteiger partial charge in [0.1, 0.15) is 18.2 Å². The van der Waals surface area contributed by atoms with Gasteiger partial charge in [0.15, 0.2) is 0 Å². The summed E-state index contributed by atoms with van der Waals surface area (Å²) in [5.74, 6) is -3.58. The summed E-state index contributed by atoms with van der Waals surface area (Å²) in [4.78, 5) is 61.5. The Morgan fingerprint density at radius 1 is 1.18 bits per heavy atom. The Morgan fingerprint density at radius 3 is 2.54 bits per heavy atom. The average molecular weight is 760 g/mol. The maximum Gasteiger partial charge on any atom is 0.306 e. The Kier molecular flexibility index (Phi) is 12.9. The fourth-order valence-electron chi connectivity index (χ4n) is 7.97. The molecule has 4 aliphatic rings. The molecule has 2 bridgehead atoms. The van der Waals surface area contributed by atoms with Gasteiger partial charge >= 0.3 is 5.97 Å². The topological polar surface area (TPSA) is 138 Å². The number of benzene rings is 1. The minimum Gasteiger partial charge on any atom is -0.463 e. The Morgan fingerprint density at radius 2 is 1.90 bits per heavy atom. The van der Waals surface area contributed by atoms with E-state index in [4.69, 9.17) is 14.2 Å². The first-order valence-corrected chi connectivity index (χ1v) is 18.6. The van der Waals surface area contributed by atoms with Crippen LogP contribution in [0.3, 0.4) is 0 Å². The van der Waals surface area contributed by atoms with E-state index in [1.807, 2.05) is 44.2 Å². The second kappa shape index (κ2) is 16.9. The standard InChI is InChI=1S/C37H51BrN4O8/c1-5-7-13-29(44)49-23-27(25-11-9-8-10-12-25)39-34(45)30-31-35(46)42(28(22-43)24(3)4)33(37(31)21-26(38)32(30)50-37)36(47)41(14-6-2)16-15-40-17-19-48-20-18-40/h5-6,8-12,24,26-28,30-33,43H,1-2,7,13-23H2,3-4H3,(H,39,45)/t26?,27-,28+,30+,31-,32+,33+,37-/m1/s1. The third-order valence-corrected chi connectivity index (χ3v) is 11.4. The smallest absolute Gasteiger partial charge is 0.306 e. The molecule has 1 aromatic carbocycles. The number of aliphatic hydroxyl groups is 1. The number of ether oxygens (including phenoxy) is 3. The Bertz CT molecular complexity index is 1390. The summed E-state index contributed by atoms with van der Waals surface area (Å²) in [6.07, 6.45) is 3.62. The van der Waals surface area contributed by atoms with E-state index in [0.717, 1.165) is 18.7 Å². The van der Waals surface area contributed by atoms with Crippen LogP contribution < -0.4 is 5.32 Å². The largest absolute Gasteiger partial charge is 0.463 e. The number of likely N-dealkylation sites (tertiary alicyclic amines) is 1. The predicted octanol–water partition coefficient (Wildman–Crippen LogP) is 2.47. The minimum absolute atomic E-state index is 0.0989. The van der Waals surface area contributed by atoms with Crippen LogP contribution in [0.5, 0.6) is 0 Å². The van der Waals surface area contributed by atoms with E-state index in [2.05, 4.69) is 39.3 Å². The van der Waals surface area contributed by atoms with Crippen LogP contribution >= 0.6 is 15.9 Å². The van der Waals surface area contributed by atoms with Crippen molar-refractivity contribution in [3.63, 3.8) is 0 Å². The molecule has 4 saturated heterocycles. The first-order valence-electron chi connectivity index (χ1n) is 17.6. The average Bonchev–Trinajstić information content (AvgIpc) is 3.71. The number of hydrogen-bond acceptors (Lipinski definition) is 9. The number of fused-ring (bicyclic) bond motifs is 1. The van der Waals surface area contributed by atoms with Crippen molar-refractivity contribution < 1.29 is 38.5 Å². The Labute approximate surface area is 303 Å². The number of rotatable bonds is 17. The molecule has 1 aromatic rings. The fraction of sp³-hybridized carbons (Fsp3) is 0.622. The highest BCUT2D eigenvalue weighted by Crippen LogP contribution is 2.60. The summed E-state index contributed by atoms with van der Waals surface area (Å²) in [6, 6.07) is 6.79. The molecule has 5 rings (SSSR count). The molecule has 0 radical (unpaired) electrons. The number of carbonyl (C=O) groups excluding carboxylic acids is 4. The number of esters is 1. The zero-order chi connectivity index (χ0) is 36.0. The van der Waals surface area contributed by atoms with Crippen LogP contribution in [0.15, 0.2) is 55.6 Å². The first-order chi connectivity index (χ1) is 24.1. The lowest BCUT2D eigenvalue weighted by molar-refractivity contribution is -0.152. The number of nitrogens with zero attached hydrogens (tertiary/aromatic N) is 3. The van der Waals surface area contributed by atoms with E-state index >= 15 is 0 Å². The van der Waals surface area contributed by atoms with Gasteiger partial charge in [0.25, 0.3) is 0 Å². The molecule has 13 heteroatoms. The highest BCUT2D eigenvalue weighted by atomic mass is 79.9. The van der Waals surface area contributed by atoms with Crippen LogP contribution in [0, 0.1) is 17.8 Å². The molecule has 8 atom stereocenters. The van der Waals surface area contributed by atoms with E-state index in [0.29, 0.717) is 39.1 Å². The SMILES string of the molecule is C=CCCC(=O)OC[C@@H](NC(=O)[C@@H]1[C@H]2O[C@@]3(CC2Br)[C@H](C(=O)N(CC=C)CCN2CCOCC2)N([C@@H](CO)C(C)C)C(=O)[C@@H]13)c1ccccc1. The Hall–Kier alpha value is -3.10. The number of allylic oxidation sites excluding steroid dienone is 1. The summed E-state index contributed by atoms with van der Waals surface area (Å²) in [6.45, 7) is 15.0. The number of hydrogen-bond donors (Lipinski definition) is 2. The van der Waals surface area contributed by atoms with Crippen LogP contribution in [0.1, 0.15) is 44.7 Å². The molecule has 1 spiro atoms. The van der Waals surface area contributed by atoms with Crippen LogP contribution in [-0.4, -0.2) is 131 Å². The minimum atomic E-state index is -1.30. The second-order valence-corrected chi connectivity index (χ2v) is 15.1. The van der Waals surface area contributed by atoms with Crippen molar-refractivity contribution >= 4 is 39.6 Å². The maximum atomic E-state index is 14.8. The number of carbonyl (C=O) groups is 4. The summed E-state index contributed by atoms with van der Waals surface area (Å²) < 4.78 is 17.8. The van der Waals surface area contributed by atoms with Gasteiger partial charge in [0.2, 0.25) is 17.7 Å². The van der Waals surface area contributed by atoms with Crippen molar-refractivity contribution in [2.45, 2.75) is 67.8 Å².